The van der Waals surface area contributed by atoms with Gasteiger partial charge in [0.05, 0.1) is 5.69 Å². The summed E-state index contributed by atoms with van der Waals surface area (Å²) in [5.74, 6) is 0.843. The summed E-state index contributed by atoms with van der Waals surface area (Å²) in [7, 11) is 0. The minimum atomic E-state index is -0.117. The van der Waals surface area contributed by atoms with Crippen LogP contribution < -0.4 is 0 Å². The molecule has 0 unspecified atom stereocenters. The van der Waals surface area contributed by atoms with E-state index in [2.05, 4.69) is 25.8 Å². The number of aromatic nitrogens is 3. The first kappa shape index (κ1) is 14.4. The minimum Gasteiger partial charge on any atom is -0.284 e. The average Bonchev–Trinajstić information content (AvgIpc) is 2.78. The van der Waals surface area contributed by atoms with Crippen molar-refractivity contribution in [3.63, 3.8) is 0 Å². The second-order valence-corrected chi connectivity index (χ2v) is 6.81. The predicted octanol–water partition coefficient (Wildman–Crippen LogP) is 5.00. The van der Waals surface area contributed by atoms with Gasteiger partial charge < -0.3 is 0 Å². The van der Waals surface area contributed by atoms with Gasteiger partial charge in [-0.15, -0.1) is 0 Å². The van der Waals surface area contributed by atoms with Crippen LogP contribution in [0.2, 0.25) is 10.2 Å². The summed E-state index contributed by atoms with van der Waals surface area (Å²) in [6, 6.07) is 9.40. The number of fused-ring (bicyclic) bond motifs is 1. The molecule has 0 aliphatic carbocycles. The molecule has 0 saturated heterocycles. The fourth-order valence-electron chi connectivity index (χ4n) is 2.25. The number of hydrogen-bond acceptors (Lipinski definition) is 2. The van der Waals surface area contributed by atoms with Crippen LogP contribution in [0.15, 0.2) is 36.5 Å². The van der Waals surface area contributed by atoms with Crippen LogP contribution in [0.1, 0.15) is 26.5 Å². The van der Waals surface area contributed by atoms with Crippen molar-refractivity contribution >= 4 is 28.8 Å². The van der Waals surface area contributed by atoms with Crippen LogP contribution in [-0.4, -0.2) is 14.4 Å². The van der Waals surface area contributed by atoms with Crippen LogP contribution >= 0.6 is 23.2 Å². The molecular weight excluding hydrogens is 305 g/mol. The fourth-order valence-corrected chi connectivity index (χ4v) is 2.51. The Kier molecular flexibility index (Phi) is 3.42. The second kappa shape index (κ2) is 5.00. The first-order valence-corrected chi connectivity index (χ1v) is 7.43. The Morgan fingerprint density at radius 3 is 2.24 bits per heavy atom. The highest BCUT2D eigenvalue weighted by Gasteiger charge is 2.24. The lowest BCUT2D eigenvalue weighted by molar-refractivity contribution is 0.577. The SMILES string of the molecule is CC(C)(C)c1nc(-c2ccc(Cl)cc2)n2ccc(Cl)nc12. The number of benzene rings is 1. The van der Waals surface area contributed by atoms with E-state index in [1.807, 2.05) is 34.9 Å². The van der Waals surface area contributed by atoms with E-state index >= 15 is 0 Å². The molecule has 2 heterocycles. The second-order valence-electron chi connectivity index (χ2n) is 5.98. The Morgan fingerprint density at radius 1 is 0.952 bits per heavy atom. The molecule has 2 aromatic heterocycles. The smallest absolute Gasteiger partial charge is 0.162 e. The van der Waals surface area contributed by atoms with E-state index in [0.717, 1.165) is 22.7 Å². The maximum absolute atomic E-state index is 6.05. The highest BCUT2D eigenvalue weighted by molar-refractivity contribution is 6.30. The maximum atomic E-state index is 6.05. The number of hydrogen-bond donors (Lipinski definition) is 0. The molecular formula is C16H15Cl2N3. The molecule has 0 atom stereocenters. The molecule has 0 amide bonds. The lowest BCUT2D eigenvalue weighted by Gasteiger charge is -2.14. The Bertz CT molecular complexity index is 799. The van der Waals surface area contributed by atoms with E-state index in [-0.39, 0.29) is 5.41 Å². The number of halogens is 2. The van der Waals surface area contributed by atoms with Crippen molar-refractivity contribution in [1.29, 1.82) is 0 Å². The highest BCUT2D eigenvalue weighted by atomic mass is 35.5. The van der Waals surface area contributed by atoms with Gasteiger partial charge in [-0.2, -0.15) is 0 Å². The van der Waals surface area contributed by atoms with Gasteiger partial charge in [0, 0.05) is 22.2 Å². The molecule has 0 saturated carbocycles. The molecule has 5 heteroatoms. The number of rotatable bonds is 1. The van der Waals surface area contributed by atoms with Crippen LogP contribution in [0.4, 0.5) is 0 Å². The Balaban J connectivity index is 2.31. The van der Waals surface area contributed by atoms with Crippen LogP contribution in [0.3, 0.4) is 0 Å². The standard InChI is InChI=1S/C16H15Cl2N3/c1-16(2,3)13-15-19-12(18)8-9-21(15)14(20-13)10-4-6-11(17)7-5-10/h4-9H,1-3H3. The minimum absolute atomic E-state index is 0.117. The van der Waals surface area contributed by atoms with Crippen molar-refractivity contribution in [1.82, 2.24) is 14.4 Å². The van der Waals surface area contributed by atoms with Gasteiger partial charge in [-0.25, -0.2) is 9.97 Å². The van der Waals surface area contributed by atoms with Crippen molar-refractivity contribution in [3.05, 3.63) is 52.4 Å². The summed E-state index contributed by atoms with van der Waals surface area (Å²) in [6.45, 7) is 6.34. The van der Waals surface area contributed by atoms with Gasteiger partial charge >= 0.3 is 0 Å². The molecule has 3 aromatic rings. The summed E-state index contributed by atoms with van der Waals surface area (Å²) >= 11 is 12.0. The lowest BCUT2D eigenvalue weighted by atomic mass is 9.92. The van der Waals surface area contributed by atoms with Gasteiger partial charge in [0.2, 0.25) is 0 Å². The molecule has 3 nitrogen and oxygen atoms in total. The predicted molar refractivity (Wildman–Crippen MR) is 87.1 cm³/mol. The quantitative estimate of drug-likeness (QED) is 0.591. The molecule has 3 rings (SSSR count). The van der Waals surface area contributed by atoms with Crippen LogP contribution in [0, 0.1) is 0 Å². The maximum Gasteiger partial charge on any atom is 0.162 e. The van der Waals surface area contributed by atoms with E-state index in [0.29, 0.717) is 10.2 Å². The monoisotopic (exact) mass is 319 g/mol. The zero-order valence-electron chi connectivity index (χ0n) is 12.1. The fraction of sp³-hybridized carbons (Fsp3) is 0.250. The molecule has 0 aliphatic heterocycles. The van der Waals surface area contributed by atoms with Crippen molar-refractivity contribution in [2.24, 2.45) is 0 Å². The van der Waals surface area contributed by atoms with Crippen LogP contribution in [0.5, 0.6) is 0 Å². The number of nitrogens with zero attached hydrogens (tertiary/aromatic N) is 3. The van der Waals surface area contributed by atoms with E-state index in [9.17, 15) is 0 Å². The molecule has 0 fully saturated rings. The lowest BCUT2D eigenvalue weighted by Crippen LogP contribution is -2.12. The van der Waals surface area contributed by atoms with E-state index in [1.165, 1.54) is 0 Å². The third-order valence-corrected chi connectivity index (χ3v) is 3.74. The molecule has 21 heavy (non-hydrogen) atoms. The van der Waals surface area contributed by atoms with E-state index in [4.69, 9.17) is 28.2 Å². The zero-order valence-corrected chi connectivity index (χ0v) is 13.6. The molecule has 0 bridgehead atoms. The Morgan fingerprint density at radius 2 is 1.62 bits per heavy atom. The van der Waals surface area contributed by atoms with Gasteiger partial charge in [-0.1, -0.05) is 44.0 Å². The molecule has 1 aromatic carbocycles. The van der Waals surface area contributed by atoms with Gasteiger partial charge in [0.25, 0.3) is 0 Å². The summed E-state index contributed by atoms with van der Waals surface area (Å²) < 4.78 is 1.97. The molecule has 0 radical (unpaired) electrons. The van der Waals surface area contributed by atoms with Crippen molar-refractivity contribution in [2.75, 3.05) is 0 Å². The summed E-state index contributed by atoms with van der Waals surface area (Å²) in [6.07, 6.45) is 1.90. The van der Waals surface area contributed by atoms with Crippen molar-refractivity contribution in [3.8, 4) is 11.4 Å². The van der Waals surface area contributed by atoms with Crippen LogP contribution in [0.25, 0.3) is 17.0 Å². The van der Waals surface area contributed by atoms with Gasteiger partial charge in [-0.05, 0) is 30.3 Å². The summed E-state index contributed by atoms with van der Waals surface area (Å²) in [5, 5.41) is 1.17. The third-order valence-electron chi connectivity index (χ3n) is 3.27. The van der Waals surface area contributed by atoms with Gasteiger partial charge in [0.1, 0.15) is 11.0 Å². The number of imidazole rings is 1. The summed E-state index contributed by atoms with van der Waals surface area (Å²) in [5.41, 5.74) is 2.59. The van der Waals surface area contributed by atoms with Crippen molar-refractivity contribution in [2.45, 2.75) is 26.2 Å². The van der Waals surface area contributed by atoms with Gasteiger partial charge in [0.15, 0.2) is 5.65 Å². The topological polar surface area (TPSA) is 30.2 Å². The van der Waals surface area contributed by atoms with E-state index in [1.54, 1.807) is 6.07 Å². The first-order chi connectivity index (χ1) is 9.86. The average molecular weight is 320 g/mol. The largest absolute Gasteiger partial charge is 0.284 e. The Labute approximate surface area is 133 Å². The zero-order chi connectivity index (χ0) is 15.2. The first-order valence-electron chi connectivity index (χ1n) is 6.67. The highest BCUT2D eigenvalue weighted by Crippen LogP contribution is 2.30. The molecule has 108 valence electrons. The summed E-state index contributed by atoms with van der Waals surface area (Å²) in [4.78, 5) is 9.25. The normalized spacial score (nSPS) is 12.0. The third kappa shape index (κ3) is 2.63. The molecule has 0 aliphatic rings. The van der Waals surface area contributed by atoms with Gasteiger partial charge in [-0.3, -0.25) is 4.40 Å². The van der Waals surface area contributed by atoms with Crippen LogP contribution in [-0.2, 0) is 5.41 Å². The molecule has 0 spiro atoms. The Hall–Kier alpha value is -1.58. The molecule has 0 N–H and O–H groups in total. The van der Waals surface area contributed by atoms with E-state index < -0.39 is 0 Å². The van der Waals surface area contributed by atoms with Crippen molar-refractivity contribution < 1.29 is 0 Å².